The van der Waals surface area contributed by atoms with Gasteiger partial charge >= 0.3 is 5.69 Å². The molecule has 8 heteroatoms. The van der Waals surface area contributed by atoms with E-state index in [1.165, 1.54) is 13.4 Å². The molecule has 1 aromatic heterocycles. The maximum absolute atomic E-state index is 10.9. The first-order chi connectivity index (χ1) is 8.11. The minimum Gasteiger partial charge on any atom is -0.476 e. The highest BCUT2D eigenvalue weighted by Crippen LogP contribution is 2.32. The Morgan fingerprint density at radius 3 is 2.82 bits per heavy atom. The number of nitrogens with zero attached hydrogens (tertiary/aromatic N) is 3. The predicted octanol–water partition coefficient (Wildman–Crippen LogP) is 0.295. The number of nitro groups is 1. The normalized spacial score (nSPS) is 22.7. The number of nitrogens with one attached hydrogen (secondary N) is 1. The lowest BCUT2D eigenvalue weighted by molar-refractivity contribution is -0.385. The highest BCUT2D eigenvalue weighted by Gasteiger charge is 2.30. The molecule has 8 nitrogen and oxygen atoms in total. The van der Waals surface area contributed by atoms with Crippen LogP contribution in [0.2, 0.25) is 0 Å². The quantitative estimate of drug-likeness (QED) is 0.573. The van der Waals surface area contributed by atoms with Crippen LogP contribution >= 0.6 is 0 Å². The monoisotopic (exact) mass is 239 g/mol. The van der Waals surface area contributed by atoms with Crippen LogP contribution in [0.5, 0.6) is 5.88 Å². The molecule has 1 aliphatic rings. The summed E-state index contributed by atoms with van der Waals surface area (Å²) < 4.78 is 4.84. The largest absolute Gasteiger partial charge is 0.476 e. The molecule has 1 fully saturated rings. The van der Waals surface area contributed by atoms with Crippen molar-refractivity contribution in [2.24, 2.45) is 5.73 Å². The third-order valence-electron chi connectivity index (χ3n) is 2.68. The first-order valence-corrected chi connectivity index (χ1v) is 5.17. The molecular formula is C9H13N5O3. The number of hydrogen-bond acceptors (Lipinski definition) is 7. The predicted molar refractivity (Wildman–Crippen MR) is 59.9 cm³/mol. The molecule has 0 aliphatic heterocycles. The van der Waals surface area contributed by atoms with Crippen LogP contribution < -0.4 is 15.8 Å². The van der Waals surface area contributed by atoms with Crippen LogP contribution in [0.15, 0.2) is 6.33 Å². The Morgan fingerprint density at radius 2 is 2.29 bits per heavy atom. The lowest BCUT2D eigenvalue weighted by Gasteiger charge is -2.33. The number of methoxy groups -OCH3 is 1. The second-order valence-corrected chi connectivity index (χ2v) is 3.91. The molecule has 1 heterocycles. The summed E-state index contributed by atoms with van der Waals surface area (Å²) >= 11 is 0. The zero-order valence-corrected chi connectivity index (χ0v) is 9.29. The summed E-state index contributed by atoms with van der Waals surface area (Å²) in [7, 11) is 1.33. The third-order valence-corrected chi connectivity index (χ3v) is 2.68. The maximum atomic E-state index is 10.9. The number of rotatable bonds is 4. The van der Waals surface area contributed by atoms with Gasteiger partial charge in [-0.05, 0) is 12.8 Å². The van der Waals surface area contributed by atoms with Gasteiger partial charge in [0.05, 0.1) is 12.0 Å². The van der Waals surface area contributed by atoms with Gasteiger partial charge in [0.15, 0.2) is 0 Å². The van der Waals surface area contributed by atoms with Gasteiger partial charge in [-0.15, -0.1) is 0 Å². The van der Waals surface area contributed by atoms with E-state index in [4.69, 9.17) is 10.5 Å². The summed E-state index contributed by atoms with van der Waals surface area (Å²) in [4.78, 5) is 18.0. The zero-order chi connectivity index (χ0) is 12.4. The van der Waals surface area contributed by atoms with Gasteiger partial charge in [0.25, 0.3) is 5.88 Å². The van der Waals surface area contributed by atoms with Crippen molar-refractivity contribution in [2.75, 3.05) is 12.4 Å². The third kappa shape index (κ3) is 2.26. The average Bonchev–Trinajstić information content (AvgIpc) is 2.26. The molecule has 2 rings (SSSR count). The minimum atomic E-state index is -0.556. The Kier molecular flexibility index (Phi) is 3.05. The molecule has 0 unspecified atom stereocenters. The topological polar surface area (TPSA) is 116 Å². The minimum absolute atomic E-state index is 0.0453. The first-order valence-electron chi connectivity index (χ1n) is 5.17. The van der Waals surface area contributed by atoms with Gasteiger partial charge in [0.1, 0.15) is 6.33 Å². The van der Waals surface area contributed by atoms with E-state index in [1.807, 2.05) is 0 Å². The Labute approximate surface area is 97.3 Å². The van der Waals surface area contributed by atoms with E-state index in [-0.39, 0.29) is 29.5 Å². The molecule has 17 heavy (non-hydrogen) atoms. The van der Waals surface area contributed by atoms with E-state index in [2.05, 4.69) is 15.3 Å². The molecule has 0 atom stereocenters. The van der Waals surface area contributed by atoms with Crippen LogP contribution in [-0.2, 0) is 0 Å². The van der Waals surface area contributed by atoms with E-state index < -0.39 is 4.92 Å². The van der Waals surface area contributed by atoms with Crippen molar-refractivity contribution in [3.63, 3.8) is 0 Å². The fourth-order valence-electron chi connectivity index (χ4n) is 1.76. The average molecular weight is 239 g/mol. The molecule has 1 aliphatic carbocycles. The van der Waals surface area contributed by atoms with Crippen molar-refractivity contribution in [1.82, 2.24) is 9.97 Å². The summed E-state index contributed by atoms with van der Waals surface area (Å²) in [5.74, 6) is 0.134. The van der Waals surface area contributed by atoms with E-state index in [9.17, 15) is 10.1 Å². The van der Waals surface area contributed by atoms with Gasteiger partial charge in [-0.2, -0.15) is 4.98 Å². The molecule has 0 amide bonds. The maximum Gasteiger partial charge on any atom is 0.372 e. The van der Waals surface area contributed by atoms with E-state index >= 15 is 0 Å². The molecule has 0 spiro atoms. The smallest absolute Gasteiger partial charge is 0.372 e. The van der Waals surface area contributed by atoms with Crippen LogP contribution in [0.1, 0.15) is 12.8 Å². The van der Waals surface area contributed by atoms with Gasteiger partial charge < -0.3 is 15.8 Å². The number of anilines is 1. The van der Waals surface area contributed by atoms with Gasteiger partial charge in [-0.25, -0.2) is 4.98 Å². The van der Waals surface area contributed by atoms with Gasteiger partial charge in [-0.3, -0.25) is 10.1 Å². The summed E-state index contributed by atoms with van der Waals surface area (Å²) in [6.07, 6.45) is 2.79. The number of hydrogen-bond donors (Lipinski definition) is 2. The van der Waals surface area contributed by atoms with Crippen LogP contribution in [0.3, 0.4) is 0 Å². The fourth-order valence-corrected chi connectivity index (χ4v) is 1.76. The van der Waals surface area contributed by atoms with Crippen molar-refractivity contribution in [3.8, 4) is 5.88 Å². The molecule has 3 N–H and O–H groups in total. The summed E-state index contributed by atoms with van der Waals surface area (Å²) in [6, 6.07) is 0.290. The standard InChI is InChI=1S/C9H13N5O3/c1-17-9-7(14(15)16)8(11-4-12-9)13-6-2-5(10)3-6/h4-6H,2-3,10H2,1H3,(H,11,12,13). The lowest BCUT2D eigenvalue weighted by atomic mass is 9.88. The fraction of sp³-hybridized carbons (Fsp3) is 0.556. The Balaban J connectivity index is 2.23. The van der Waals surface area contributed by atoms with Crippen LogP contribution in [0.4, 0.5) is 11.5 Å². The van der Waals surface area contributed by atoms with Crippen molar-refractivity contribution in [3.05, 3.63) is 16.4 Å². The highest BCUT2D eigenvalue weighted by molar-refractivity contribution is 5.61. The van der Waals surface area contributed by atoms with Gasteiger partial charge in [0.2, 0.25) is 5.82 Å². The van der Waals surface area contributed by atoms with Gasteiger partial charge in [-0.1, -0.05) is 0 Å². The van der Waals surface area contributed by atoms with Crippen molar-refractivity contribution < 1.29 is 9.66 Å². The molecule has 0 bridgehead atoms. The van der Waals surface area contributed by atoms with E-state index in [0.717, 1.165) is 12.8 Å². The molecular weight excluding hydrogens is 226 g/mol. The molecule has 0 saturated heterocycles. The lowest BCUT2D eigenvalue weighted by Crippen LogP contribution is -2.44. The number of nitrogens with two attached hydrogens (primary N) is 1. The summed E-state index contributed by atoms with van der Waals surface area (Å²) in [5.41, 5.74) is 5.40. The Morgan fingerprint density at radius 1 is 1.59 bits per heavy atom. The summed E-state index contributed by atoms with van der Waals surface area (Å²) in [6.45, 7) is 0. The molecule has 0 radical (unpaired) electrons. The molecule has 1 aromatic rings. The van der Waals surface area contributed by atoms with Crippen molar-refractivity contribution in [1.29, 1.82) is 0 Å². The Hall–Kier alpha value is -1.96. The van der Waals surface area contributed by atoms with Crippen molar-refractivity contribution in [2.45, 2.75) is 24.9 Å². The molecule has 1 saturated carbocycles. The second-order valence-electron chi connectivity index (χ2n) is 3.91. The number of ether oxygens (including phenoxy) is 1. The number of aromatic nitrogens is 2. The van der Waals surface area contributed by atoms with Crippen LogP contribution in [0, 0.1) is 10.1 Å². The van der Waals surface area contributed by atoms with Crippen LogP contribution in [0.25, 0.3) is 0 Å². The Bertz CT molecular complexity index is 433. The van der Waals surface area contributed by atoms with Crippen molar-refractivity contribution >= 4 is 11.5 Å². The van der Waals surface area contributed by atoms with Gasteiger partial charge in [0, 0.05) is 12.1 Å². The first kappa shape index (κ1) is 11.5. The summed E-state index contributed by atoms with van der Waals surface area (Å²) in [5, 5.41) is 13.9. The van der Waals surface area contributed by atoms with Crippen LogP contribution in [-0.4, -0.2) is 34.1 Å². The molecule has 92 valence electrons. The van der Waals surface area contributed by atoms with E-state index in [1.54, 1.807) is 0 Å². The zero-order valence-electron chi connectivity index (χ0n) is 9.29. The molecule has 0 aromatic carbocycles. The second kappa shape index (κ2) is 4.50. The van der Waals surface area contributed by atoms with E-state index in [0.29, 0.717) is 0 Å². The highest BCUT2D eigenvalue weighted by atomic mass is 16.6. The SMILES string of the molecule is COc1ncnc(NC2CC(N)C2)c1[N+](=O)[O-].